The van der Waals surface area contributed by atoms with E-state index in [0.717, 1.165) is 118 Å². The molecular weight excluding hydrogens is 775 g/mol. The lowest BCUT2D eigenvalue weighted by molar-refractivity contribution is -0.132. The Kier molecular flexibility index (Phi) is 11.4. The normalized spacial score (nSPS) is 22.7. The number of Topliss-reactive ketones (excluding diaryl/α,β-unsaturated/α-hetero) is 2. The lowest BCUT2D eigenvalue weighted by Crippen LogP contribution is -2.47. The van der Waals surface area contributed by atoms with Crippen LogP contribution in [0, 0.1) is 12.5 Å². The molecule has 0 spiro atoms. The summed E-state index contributed by atoms with van der Waals surface area (Å²) in [6.07, 6.45) is 11.6. The summed E-state index contributed by atoms with van der Waals surface area (Å²) in [6, 6.07) is 11.9. The number of rotatable bonds is 10. The standard InChI is InChI=1S/C46H49N9O6/c1-47-37-11-13-41(35-3-2-17-48-43(35)37)61-33-8-4-30(5-9-33)51-44(58)38-27-50-42(28-49-38)54-19-15-29(16-20-54)14-18-52-21-23-53(24-22-52)31-6-10-34-36(25-31)46(60)55(45(34)59)39-12-7-32(56)26-40(39)57/h2-3,6,10-11,13,17,25,27-30,33,39H,4-5,7-9,12,14-16,18-24,26H2,(H,51,58). The lowest BCUT2D eigenvalue weighted by Gasteiger charge is -2.38. The first kappa shape index (κ1) is 40.2. The molecule has 5 heterocycles. The first-order valence-corrected chi connectivity index (χ1v) is 21.6. The van der Waals surface area contributed by atoms with Gasteiger partial charge in [0, 0.05) is 69.0 Å². The summed E-state index contributed by atoms with van der Waals surface area (Å²) in [6.45, 7) is 13.7. The number of fused-ring (bicyclic) bond motifs is 2. The zero-order valence-corrected chi connectivity index (χ0v) is 34.1. The summed E-state index contributed by atoms with van der Waals surface area (Å²) in [4.78, 5) is 89.0. The van der Waals surface area contributed by atoms with E-state index in [0.29, 0.717) is 33.9 Å². The van der Waals surface area contributed by atoms with E-state index in [4.69, 9.17) is 11.3 Å². The third kappa shape index (κ3) is 8.41. The number of aromatic nitrogens is 3. The molecule has 9 rings (SSSR count). The van der Waals surface area contributed by atoms with Gasteiger partial charge in [0.25, 0.3) is 17.7 Å². The predicted octanol–water partition coefficient (Wildman–Crippen LogP) is 5.41. The molecule has 1 atom stereocenters. The van der Waals surface area contributed by atoms with Crippen LogP contribution in [-0.4, -0.2) is 118 Å². The number of imide groups is 1. The molecule has 15 nitrogen and oxygen atoms in total. The van der Waals surface area contributed by atoms with Crippen LogP contribution < -0.4 is 19.9 Å². The van der Waals surface area contributed by atoms with Crippen molar-refractivity contribution < 1.29 is 28.7 Å². The predicted molar refractivity (Wildman–Crippen MR) is 227 cm³/mol. The molecule has 2 aromatic carbocycles. The van der Waals surface area contributed by atoms with E-state index in [9.17, 15) is 24.0 Å². The molecule has 15 heteroatoms. The van der Waals surface area contributed by atoms with E-state index < -0.39 is 17.9 Å². The molecule has 3 amide bonds. The summed E-state index contributed by atoms with van der Waals surface area (Å²) in [5.41, 5.74) is 3.02. The number of anilines is 2. The topological polar surface area (TPSA) is 163 Å². The monoisotopic (exact) mass is 823 g/mol. The van der Waals surface area contributed by atoms with Gasteiger partial charge in [0.2, 0.25) is 5.69 Å². The van der Waals surface area contributed by atoms with Crippen molar-refractivity contribution >= 4 is 57.4 Å². The number of nitrogens with zero attached hydrogens (tertiary/aromatic N) is 8. The van der Waals surface area contributed by atoms with Gasteiger partial charge >= 0.3 is 0 Å². The fourth-order valence-corrected chi connectivity index (χ4v) is 9.60. The number of hydrogen-bond donors (Lipinski definition) is 1. The summed E-state index contributed by atoms with van der Waals surface area (Å²) >= 11 is 0. The Balaban J connectivity index is 0.684. The molecule has 314 valence electrons. The average molecular weight is 824 g/mol. The van der Waals surface area contributed by atoms with Crippen LogP contribution in [0.3, 0.4) is 0 Å². The van der Waals surface area contributed by atoms with Gasteiger partial charge in [-0.05, 0) is 100 Å². The highest BCUT2D eigenvalue weighted by molar-refractivity contribution is 6.24. The fourth-order valence-electron chi connectivity index (χ4n) is 9.60. The molecule has 4 fully saturated rings. The number of carbonyl (C=O) groups is 5. The minimum Gasteiger partial charge on any atom is -0.490 e. The third-order valence-corrected chi connectivity index (χ3v) is 13.2. The zero-order chi connectivity index (χ0) is 42.0. The Labute approximate surface area is 354 Å². The average Bonchev–Trinajstić information content (AvgIpc) is 3.54. The van der Waals surface area contributed by atoms with Crippen LogP contribution in [0.5, 0.6) is 5.75 Å². The van der Waals surface area contributed by atoms with Gasteiger partial charge in [-0.2, -0.15) is 0 Å². The second-order valence-electron chi connectivity index (χ2n) is 16.9. The number of ether oxygens (including phenoxy) is 1. The second-order valence-corrected chi connectivity index (χ2v) is 16.9. The molecule has 0 radical (unpaired) electrons. The molecule has 61 heavy (non-hydrogen) atoms. The van der Waals surface area contributed by atoms with Gasteiger partial charge < -0.3 is 19.9 Å². The van der Waals surface area contributed by atoms with Gasteiger partial charge in [-0.15, -0.1) is 0 Å². The molecule has 1 N–H and O–H groups in total. The number of pyridine rings is 1. The maximum Gasteiger partial charge on any atom is 0.271 e. The number of piperidine rings is 1. The first-order valence-electron chi connectivity index (χ1n) is 21.6. The van der Waals surface area contributed by atoms with Gasteiger partial charge in [0.05, 0.1) is 54.2 Å². The summed E-state index contributed by atoms with van der Waals surface area (Å²) in [7, 11) is 0. The van der Waals surface area contributed by atoms with Gasteiger partial charge in [-0.1, -0.05) is 6.07 Å². The number of hydrogen-bond acceptors (Lipinski definition) is 12. The highest BCUT2D eigenvalue weighted by Gasteiger charge is 2.44. The molecular formula is C46H49N9O6. The van der Waals surface area contributed by atoms with Crippen LogP contribution >= 0.6 is 0 Å². The number of piperazine rings is 1. The van der Waals surface area contributed by atoms with Crippen molar-refractivity contribution in [2.24, 2.45) is 5.92 Å². The lowest BCUT2D eigenvalue weighted by atomic mass is 9.92. The van der Waals surface area contributed by atoms with E-state index in [1.165, 1.54) is 0 Å². The summed E-state index contributed by atoms with van der Waals surface area (Å²) in [5, 5.41) is 3.98. The Morgan fingerprint density at radius 1 is 0.820 bits per heavy atom. The molecule has 3 aliphatic heterocycles. The van der Waals surface area contributed by atoms with E-state index in [2.05, 4.69) is 39.8 Å². The first-order chi connectivity index (χ1) is 29.7. The number of carbonyl (C=O) groups excluding carboxylic acids is 5. The van der Waals surface area contributed by atoms with E-state index in [1.807, 2.05) is 24.3 Å². The fraction of sp³-hybridized carbons (Fsp3) is 0.457. The van der Waals surface area contributed by atoms with Crippen molar-refractivity contribution in [2.45, 2.75) is 82.4 Å². The largest absolute Gasteiger partial charge is 0.490 e. The van der Waals surface area contributed by atoms with Gasteiger partial charge in [-0.25, -0.2) is 14.8 Å². The Morgan fingerprint density at radius 2 is 1.61 bits per heavy atom. The third-order valence-electron chi connectivity index (χ3n) is 13.2. The van der Waals surface area contributed by atoms with Gasteiger partial charge in [0.1, 0.15) is 23.0 Å². The van der Waals surface area contributed by atoms with Crippen LogP contribution in [0.25, 0.3) is 15.7 Å². The van der Waals surface area contributed by atoms with Crippen LogP contribution in [0.15, 0.2) is 61.1 Å². The maximum absolute atomic E-state index is 13.3. The number of benzene rings is 2. The zero-order valence-electron chi connectivity index (χ0n) is 34.1. The maximum atomic E-state index is 13.3. The molecule has 5 aliphatic rings. The summed E-state index contributed by atoms with van der Waals surface area (Å²) in [5.74, 6) is 0.530. The minimum absolute atomic E-state index is 0.0214. The second kappa shape index (κ2) is 17.4. The van der Waals surface area contributed by atoms with Gasteiger partial charge in [0.15, 0.2) is 5.78 Å². The van der Waals surface area contributed by atoms with E-state index in [-0.39, 0.29) is 48.9 Å². The van der Waals surface area contributed by atoms with Crippen LogP contribution in [0.1, 0.15) is 95.4 Å². The van der Waals surface area contributed by atoms with Crippen molar-refractivity contribution in [3.63, 3.8) is 0 Å². The number of nitrogens with one attached hydrogen (secondary N) is 1. The van der Waals surface area contributed by atoms with E-state index >= 15 is 0 Å². The minimum atomic E-state index is -0.862. The Hall–Kier alpha value is -6.27. The van der Waals surface area contributed by atoms with Crippen molar-refractivity contribution in [1.82, 2.24) is 30.1 Å². The number of ketones is 2. The van der Waals surface area contributed by atoms with Crippen molar-refractivity contribution in [2.75, 3.05) is 55.6 Å². The molecule has 0 bridgehead atoms. The smallest absolute Gasteiger partial charge is 0.271 e. The molecule has 2 saturated carbocycles. The molecule has 1 unspecified atom stereocenters. The number of amides is 3. The highest BCUT2D eigenvalue weighted by Crippen LogP contribution is 2.35. The van der Waals surface area contributed by atoms with Crippen LogP contribution in [0.2, 0.25) is 0 Å². The quantitative estimate of drug-likeness (QED) is 0.123. The van der Waals surface area contributed by atoms with Crippen LogP contribution in [-0.2, 0) is 9.59 Å². The molecule has 4 aromatic rings. The van der Waals surface area contributed by atoms with Crippen molar-refractivity contribution in [1.29, 1.82) is 0 Å². The SMILES string of the molecule is [C-]#[N+]c1ccc(OC2CCC(NC(=O)c3cnc(N4CCC(CCN5CCN(c6ccc7c(c6)C(=O)N(C6CCC(=O)CC6=O)C7=O)CC5)CC4)cn3)CC2)c2cccnc12. The van der Waals surface area contributed by atoms with Crippen molar-refractivity contribution in [3.05, 3.63) is 89.3 Å². The van der Waals surface area contributed by atoms with E-state index in [1.54, 1.807) is 36.8 Å². The Bertz CT molecular complexity index is 2390. The van der Waals surface area contributed by atoms with Crippen molar-refractivity contribution in [3.8, 4) is 5.75 Å². The van der Waals surface area contributed by atoms with Gasteiger partial charge in [-0.3, -0.25) is 38.8 Å². The highest BCUT2D eigenvalue weighted by atomic mass is 16.5. The molecule has 2 saturated heterocycles. The molecule has 2 aromatic heterocycles. The van der Waals surface area contributed by atoms with Crippen LogP contribution in [0.4, 0.5) is 17.2 Å². The molecule has 2 aliphatic carbocycles. The Morgan fingerprint density at radius 3 is 2.34 bits per heavy atom. The summed E-state index contributed by atoms with van der Waals surface area (Å²) < 4.78 is 6.36.